The first-order valence-electron chi connectivity index (χ1n) is 6.75. The lowest BCUT2D eigenvalue weighted by Crippen LogP contribution is -2.22. The SMILES string of the molecule is Cc1ccc(CN(C)C2CC(N)c3ccccc32)o1. The van der Waals surface area contributed by atoms with Gasteiger partial charge in [-0.2, -0.15) is 0 Å². The van der Waals surface area contributed by atoms with Crippen molar-refractivity contribution in [2.75, 3.05) is 7.05 Å². The predicted octanol–water partition coefficient (Wildman–Crippen LogP) is 3.16. The van der Waals surface area contributed by atoms with Crippen LogP contribution in [-0.4, -0.2) is 11.9 Å². The van der Waals surface area contributed by atoms with Gasteiger partial charge in [-0.3, -0.25) is 4.90 Å². The molecule has 1 aromatic heterocycles. The van der Waals surface area contributed by atoms with Crippen molar-refractivity contribution in [1.29, 1.82) is 0 Å². The van der Waals surface area contributed by atoms with Gasteiger partial charge in [0.15, 0.2) is 0 Å². The Kier molecular flexibility index (Phi) is 3.17. The molecule has 2 aromatic rings. The van der Waals surface area contributed by atoms with Gasteiger partial charge in [0.1, 0.15) is 11.5 Å². The highest BCUT2D eigenvalue weighted by molar-refractivity contribution is 5.37. The average Bonchev–Trinajstić information content (AvgIpc) is 2.95. The molecule has 2 N–H and O–H groups in total. The quantitative estimate of drug-likeness (QED) is 0.917. The monoisotopic (exact) mass is 256 g/mol. The van der Waals surface area contributed by atoms with E-state index in [4.69, 9.17) is 10.2 Å². The molecule has 0 bridgehead atoms. The van der Waals surface area contributed by atoms with Gasteiger partial charge in [0, 0.05) is 12.1 Å². The Morgan fingerprint density at radius 2 is 1.95 bits per heavy atom. The van der Waals surface area contributed by atoms with Crippen LogP contribution in [0.2, 0.25) is 0 Å². The van der Waals surface area contributed by atoms with Crippen LogP contribution in [0, 0.1) is 6.92 Å². The molecule has 1 aliphatic carbocycles. The second kappa shape index (κ2) is 4.83. The maximum atomic E-state index is 6.22. The minimum Gasteiger partial charge on any atom is -0.465 e. The summed E-state index contributed by atoms with van der Waals surface area (Å²) in [6.45, 7) is 2.80. The van der Waals surface area contributed by atoms with Gasteiger partial charge in [-0.15, -0.1) is 0 Å². The third kappa shape index (κ3) is 2.31. The Morgan fingerprint density at radius 3 is 2.63 bits per heavy atom. The number of hydrogen-bond donors (Lipinski definition) is 1. The van der Waals surface area contributed by atoms with E-state index < -0.39 is 0 Å². The number of nitrogens with zero attached hydrogens (tertiary/aromatic N) is 1. The van der Waals surface area contributed by atoms with Crippen molar-refractivity contribution in [3.8, 4) is 0 Å². The molecule has 3 heteroatoms. The van der Waals surface area contributed by atoms with Crippen LogP contribution in [0.5, 0.6) is 0 Å². The molecule has 1 aliphatic rings. The Hall–Kier alpha value is -1.58. The second-order valence-corrected chi connectivity index (χ2v) is 5.41. The van der Waals surface area contributed by atoms with Crippen molar-refractivity contribution in [3.63, 3.8) is 0 Å². The van der Waals surface area contributed by atoms with Gasteiger partial charge >= 0.3 is 0 Å². The average molecular weight is 256 g/mol. The summed E-state index contributed by atoms with van der Waals surface area (Å²) in [6, 6.07) is 13.1. The number of nitrogens with two attached hydrogens (primary N) is 1. The Morgan fingerprint density at radius 1 is 1.21 bits per heavy atom. The molecule has 2 unspecified atom stereocenters. The van der Waals surface area contributed by atoms with Gasteiger partial charge in [0.2, 0.25) is 0 Å². The summed E-state index contributed by atoms with van der Waals surface area (Å²) in [6.07, 6.45) is 0.982. The van der Waals surface area contributed by atoms with Crippen LogP contribution in [0.4, 0.5) is 0 Å². The fourth-order valence-corrected chi connectivity index (χ4v) is 2.99. The van der Waals surface area contributed by atoms with Crippen molar-refractivity contribution < 1.29 is 4.42 Å². The van der Waals surface area contributed by atoms with E-state index in [9.17, 15) is 0 Å². The fraction of sp³-hybridized carbons (Fsp3) is 0.375. The molecule has 3 rings (SSSR count). The summed E-state index contributed by atoms with van der Waals surface area (Å²) in [7, 11) is 2.14. The van der Waals surface area contributed by atoms with E-state index in [1.165, 1.54) is 11.1 Å². The summed E-state index contributed by atoms with van der Waals surface area (Å²) in [5, 5.41) is 0. The molecule has 100 valence electrons. The van der Waals surface area contributed by atoms with Gasteiger partial charge < -0.3 is 10.2 Å². The highest BCUT2D eigenvalue weighted by Gasteiger charge is 2.31. The summed E-state index contributed by atoms with van der Waals surface area (Å²) in [4.78, 5) is 2.32. The van der Waals surface area contributed by atoms with Gasteiger partial charge in [-0.25, -0.2) is 0 Å². The zero-order valence-electron chi connectivity index (χ0n) is 11.5. The highest BCUT2D eigenvalue weighted by Crippen LogP contribution is 2.40. The molecule has 19 heavy (non-hydrogen) atoms. The summed E-state index contributed by atoms with van der Waals surface area (Å²) in [5.74, 6) is 1.98. The number of aryl methyl sites for hydroxylation is 1. The highest BCUT2D eigenvalue weighted by atomic mass is 16.3. The minimum atomic E-state index is 0.155. The van der Waals surface area contributed by atoms with E-state index in [1.807, 2.05) is 19.1 Å². The van der Waals surface area contributed by atoms with E-state index in [-0.39, 0.29) is 6.04 Å². The normalized spacial score (nSPS) is 21.9. The van der Waals surface area contributed by atoms with E-state index in [0.717, 1.165) is 24.5 Å². The number of benzene rings is 1. The molecular formula is C16H20N2O. The van der Waals surface area contributed by atoms with Crippen molar-refractivity contribution in [1.82, 2.24) is 4.90 Å². The largest absolute Gasteiger partial charge is 0.465 e. The standard InChI is InChI=1S/C16H20N2O/c1-11-7-8-12(19-11)10-18(2)16-9-15(17)13-5-3-4-6-14(13)16/h3-8,15-16H,9-10,17H2,1-2H3. The first-order valence-corrected chi connectivity index (χ1v) is 6.75. The molecule has 0 aliphatic heterocycles. The number of rotatable bonds is 3. The van der Waals surface area contributed by atoms with Crippen molar-refractivity contribution >= 4 is 0 Å². The molecule has 2 atom stereocenters. The predicted molar refractivity (Wildman–Crippen MR) is 75.6 cm³/mol. The molecule has 0 radical (unpaired) electrons. The third-order valence-corrected chi connectivity index (χ3v) is 3.96. The smallest absolute Gasteiger partial charge is 0.118 e. The summed E-state index contributed by atoms with van der Waals surface area (Å²) >= 11 is 0. The van der Waals surface area contributed by atoms with E-state index in [2.05, 4.69) is 36.2 Å². The molecule has 1 heterocycles. The lowest BCUT2D eigenvalue weighted by atomic mass is 10.1. The Labute approximate surface area is 114 Å². The first-order chi connectivity index (χ1) is 9.15. The minimum absolute atomic E-state index is 0.155. The Balaban J connectivity index is 1.80. The number of hydrogen-bond acceptors (Lipinski definition) is 3. The molecule has 0 fully saturated rings. The number of fused-ring (bicyclic) bond motifs is 1. The second-order valence-electron chi connectivity index (χ2n) is 5.41. The maximum absolute atomic E-state index is 6.22. The molecular weight excluding hydrogens is 236 g/mol. The van der Waals surface area contributed by atoms with Crippen LogP contribution in [0.25, 0.3) is 0 Å². The van der Waals surface area contributed by atoms with Crippen molar-refractivity contribution in [3.05, 3.63) is 59.0 Å². The van der Waals surface area contributed by atoms with Crippen LogP contribution in [0.15, 0.2) is 40.8 Å². The van der Waals surface area contributed by atoms with Crippen molar-refractivity contribution in [2.45, 2.75) is 32.0 Å². The van der Waals surface area contributed by atoms with Crippen LogP contribution >= 0.6 is 0 Å². The van der Waals surface area contributed by atoms with E-state index >= 15 is 0 Å². The molecule has 0 saturated carbocycles. The molecule has 0 amide bonds. The first kappa shape index (κ1) is 12.5. The summed E-state index contributed by atoms with van der Waals surface area (Å²) < 4.78 is 5.66. The lowest BCUT2D eigenvalue weighted by Gasteiger charge is -2.24. The zero-order chi connectivity index (χ0) is 13.4. The third-order valence-electron chi connectivity index (χ3n) is 3.96. The molecule has 0 spiro atoms. The Bertz CT molecular complexity index is 576. The van der Waals surface area contributed by atoms with Crippen LogP contribution in [-0.2, 0) is 6.54 Å². The topological polar surface area (TPSA) is 42.4 Å². The molecule has 0 saturated heterocycles. The molecule has 3 nitrogen and oxygen atoms in total. The van der Waals surface area contributed by atoms with Crippen LogP contribution in [0.3, 0.4) is 0 Å². The summed E-state index contributed by atoms with van der Waals surface area (Å²) in [5.41, 5.74) is 8.87. The van der Waals surface area contributed by atoms with Crippen LogP contribution < -0.4 is 5.73 Å². The zero-order valence-corrected chi connectivity index (χ0v) is 11.5. The fourth-order valence-electron chi connectivity index (χ4n) is 2.99. The van der Waals surface area contributed by atoms with E-state index in [0.29, 0.717) is 6.04 Å². The number of furan rings is 1. The van der Waals surface area contributed by atoms with Gasteiger partial charge in [0.25, 0.3) is 0 Å². The van der Waals surface area contributed by atoms with E-state index in [1.54, 1.807) is 0 Å². The van der Waals surface area contributed by atoms with Gasteiger partial charge in [0.05, 0.1) is 6.54 Å². The van der Waals surface area contributed by atoms with Crippen molar-refractivity contribution in [2.24, 2.45) is 5.73 Å². The van der Waals surface area contributed by atoms with Crippen LogP contribution in [0.1, 0.15) is 41.2 Å². The lowest BCUT2D eigenvalue weighted by molar-refractivity contribution is 0.211. The van der Waals surface area contributed by atoms with Gasteiger partial charge in [-0.1, -0.05) is 24.3 Å². The maximum Gasteiger partial charge on any atom is 0.118 e. The van der Waals surface area contributed by atoms with Gasteiger partial charge in [-0.05, 0) is 43.7 Å². The molecule has 1 aromatic carbocycles.